The summed E-state index contributed by atoms with van der Waals surface area (Å²) in [5.41, 5.74) is 0.974. The maximum atomic E-state index is 11.3. The number of anilines is 1. The van der Waals surface area contributed by atoms with Gasteiger partial charge in [-0.3, -0.25) is 0 Å². The Labute approximate surface area is 112 Å². The van der Waals surface area contributed by atoms with Gasteiger partial charge in [0.05, 0.1) is 16.3 Å². The van der Waals surface area contributed by atoms with E-state index >= 15 is 0 Å². The molecular formula is C14H18ClNO2. The zero-order valence-electron chi connectivity index (χ0n) is 10.7. The number of carboxylic acids is 1. The predicted molar refractivity (Wildman–Crippen MR) is 73.6 cm³/mol. The van der Waals surface area contributed by atoms with Crippen molar-refractivity contribution in [1.82, 2.24) is 0 Å². The van der Waals surface area contributed by atoms with E-state index in [2.05, 4.69) is 18.7 Å². The molecule has 0 aromatic heterocycles. The van der Waals surface area contributed by atoms with E-state index in [1.807, 2.05) is 0 Å². The number of nitrogens with zero attached hydrogens (tertiary/aromatic N) is 1. The van der Waals surface area contributed by atoms with Crippen LogP contribution in [0.2, 0.25) is 5.02 Å². The van der Waals surface area contributed by atoms with Crippen LogP contribution in [0.5, 0.6) is 0 Å². The summed E-state index contributed by atoms with van der Waals surface area (Å²) in [6.45, 7) is 6.19. The summed E-state index contributed by atoms with van der Waals surface area (Å²) >= 11 is 6.18. The summed E-state index contributed by atoms with van der Waals surface area (Å²) in [4.78, 5) is 13.4. The van der Waals surface area contributed by atoms with Crippen molar-refractivity contribution in [1.29, 1.82) is 0 Å². The molecule has 0 amide bonds. The lowest BCUT2D eigenvalue weighted by atomic mass is 9.95. The van der Waals surface area contributed by atoms with Gasteiger partial charge < -0.3 is 10.0 Å². The molecule has 1 saturated heterocycles. The molecule has 98 valence electrons. The van der Waals surface area contributed by atoms with E-state index in [9.17, 15) is 9.90 Å². The van der Waals surface area contributed by atoms with Gasteiger partial charge in [0.2, 0.25) is 0 Å². The standard InChI is InChI=1S/C14H18ClNO2/c1-9(2)10-6-7-16(8-10)13-11(14(17)18)4-3-5-12(13)15/h3-5,9-10H,6-8H2,1-2H3,(H,17,18). The minimum atomic E-state index is -0.916. The van der Waals surface area contributed by atoms with Crippen LogP contribution in [0.3, 0.4) is 0 Å². The maximum absolute atomic E-state index is 11.3. The Morgan fingerprint density at radius 3 is 2.78 bits per heavy atom. The van der Waals surface area contributed by atoms with Crippen molar-refractivity contribution in [3.8, 4) is 0 Å². The number of aromatic carboxylic acids is 1. The average Bonchev–Trinajstić information content (AvgIpc) is 2.77. The van der Waals surface area contributed by atoms with Crippen molar-refractivity contribution in [2.75, 3.05) is 18.0 Å². The van der Waals surface area contributed by atoms with Gasteiger partial charge in [-0.25, -0.2) is 4.79 Å². The molecule has 1 N–H and O–H groups in total. The summed E-state index contributed by atoms with van der Waals surface area (Å²) in [5, 5.41) is 9.77. The van der Waals surface area contributed by atoms with E-state index in [-0.39, 0.29) is 0 Å². The second-order valence-corrected chi connectivity index (χ2v) is 5.59. The van der Waals surface area contributed by atoms with Crippen molar-refractivity contribution in [3.05, 3.63) is 28.8 Å². The Balaban J connectivity index is 2.32. The SMILES string of the molecule is CC(C)C1CCN(c2c(Cl)cccc2C(=O)O)C1. The number of carboxylic acid groups (broad SMARTS) is 1. The molecule has 1 aromatic carbocycles. The van der Waals surface area contributed by atoms with Crippen molar-refractivity contribution in [2.24, 2.45) is 11.8 Å². The van der Waals surface area contributed by atoms with Crippen molar-refractivity contribution in [3.63, 3.8) is 0 Å². The first-order valence-corrected chi connectivity index (χ1v) is 6.65. The Kier molecular flexibility index (Phi) is 3.81. The molecule has 4 heteroatoms. The highest BCUT2D eigenvalue weighted by atomic mass is 35.5. The number of para-hydroxylation sites is 1. The minimum absolute atomic E-state index is 0.298. The zero-order chi connectivity index (χ0) is 13.3. The average molecular weight is 268 g/mol. The second-order valence-electron chi connectivity index (χ2n) is 5.18. The summed E-state index contributed by atoms with van der Waals surface area (Å²) in [7, 11) is 0. The fourth-order valence-corrected chi connectivity index (χ4v) is 2.84. The van der Waals surface area contributed by atoms with Crippen LogP contribution in [0, 0.1) is 11.8 Å². The zero-order valence-corrected chi connectivity index (χ0v) is 11.4. The second kappa shape index (κ2) is 5.19. The lowest BCUT2D eigenvalue weighted by molar-refractivity contribution is 0.0697. The molecule has 3 nitrogen and oxygen atoms in total. The Hall–Kier alpha value is -1.22. The lowest BCUT2D eigenvalue weighted by Crippen LogP contribution is -2.23. The number of carbonyl (C=O) groups is 1. The van der Waals surface area contributed by atoms with E-state index in [0.717, 1.165) is 19.5 Å². The van der Waals surface area contributed by atoms with Crippen LogP contribution in [0.25, 0.3) is 0 Å². The van der Waals surface area contributed by atoms with Gasteiger partial charge in [0.15, 0.2) is 0 Å². The molecule has 1 heterocycles. The normalized spacial score (nSPS) is 19.6. The molecule has 1 atom stereocenters. The first kappa shape index (κ1) is 13.2. The molecule has 0 spiro atoms. The number of rotatable bonds is 3. The molecular weight excluding hydrogens is 250 g/mol. The summed E-state index contributed by atoms with van der Waals surface area (Å²) in [6, 6.07) is 5.06. The quantitative estimate of drug-likeness (QED) is 0.911. The summed E-state index contributed by atoms with van der Waals surface area (Å²) < 4.78 is 0. The van der Waals surface area contributed by atoms with Gasteiger partial charge in [-0.2, -0.15) is 0 Å². The molecule has 1 aliphatic heterocycles. The Morgan fingerprint density at radius 1 is 1.50 bits per heavy atom. The monoisotopic (exact) mass is 267 g/mol. The maximum Gasteiger partial charge on any atom is 0.337 e. The van der Waals surface area contributed by atoms with Crippen LogP contribution < -0.4 is 4.90 Å². The van der Waals surface area contributed by atoms with Crippen molar-refractivity contribution < 1.29 is 9.90 Å². The van der Waals surface area contributed by atoms with Gasteiger partial charge in [-0.1, -0.05) is 31.5 Å². The van der Waals surface area contributed by atoms with Gasteiger partial charge in [0.1, 0.15) is 0 Å². The number of hydrogen-bond donors (Lipinski definition) is 1. The van der Waals surface area contributed by atoms with Gasteiger partial charge >= 0.3 is 5.97 Å². The van der Waals surface area contributed by atoms with Crippen LogP contribution in [-0.2, 0) is 0 Å². The van der Waals surface area contributed by atoms with Crippen LogP contribution in [-0.4, -0.2) is 24.2 Å². The van der Waals surface area contributed by atoms with Gasteiger partial charge in [0, 0.05) is 13.1 Å². The Morgan fingerprint density at radius 2 is 2.22 bits per heavy atom. The fourth-order valence-electron chi connectivity index (χ4n) is 2.54. The van der Waals surface area contributed by atoms with E-state index in [0.29, 0.717) is 28.1 Å². The molecule has 0 radical (unpaired) electrons. The van der Waals surface area contributed by atoms with Crippen LogP contribution in [0.1, 0.15) is 30.6 Å². The molecule has 0 saturated carbocycles. The minimum Gasteiger partial charge on any atom is -0.478 e. The molecule has 1 fully saturated rings. The number of halogens is 1. The molecule has 0 aliphatic carbocycles. The van der Waals surface area contributed by atoms with E-state index in [1.54, 1.807) is 18.2 Å². The highest BCUT2D eigenvalue weighted by Crippen LogP contribution is 2.35. The third-order valence-electron chi connectivity index (χ3n) is 3.70. The van der Waals surface area contributed by atoms with Gasteiger partial charge in [-0.05, 0) is 30.4 Å². The van der Waals surface area contributed by atoms with Gasteiger partial charge in [0.25, 0.3) is 0 Å². The number of benzene rings is 1. The molecule has 2 rings (SSSR count). The first-order chi connectivity index (χ1) is 8.50. The lowest BCUT2D eigenvalue weighted by Gasteiger charge is -2.23. The predicted octanol–water partition coefficient (Wildman–Crippen LogP) is 3.52. The van der Waals surface area contributed by atoms with E-state index in [4.69, 9.17) is 11.6 Å². The molecule has 1 aromatic rings. The summed E-state index contributed by atoms with van der Waals surface area (Å²) in [5.74, 6) is 0.314. The summed E-state index contributed by atoms with van der Waals surface area (Å²) in [6.07, 6.45) is 1.10. The molecule has 1 unspecified atom stereocenters. The van der Waals surface area contributed by atoms with E-state index in [1.165, 1.54) is 0 Å². The molecule has 18 heavy (non-hydrogen) atoms. The number of hydrogen-bond acceptors (Lipinski definition) is 2. The van der Waals surface area contributed by atoms with Crippen molar-refractivity contribution >= 4 is 23.3 Å². The fraction of sp³-hybridized carbons (Fsp3) is 0.500. The third-order valence-corrected chi connectivity index (χ3v) is 4.01. The smallest absolute Gasteiger partial charge is 0.337 e. The molecule has 1 aliphatic rings. The molecule has 0 bridgehead atoms. The topological polar surface area (TPSA) is 40.5 Å². The first-order valence-electron chi connectivity index (χ1n) is 6.27. The highest BCUT2D eigenvalue weighted by Gasteiger charge is 2.28. The highest BCUT2D eigenvalue weighted by molar-refractivity contribution is 6.34. The Bertz CT molecular complexity index is 459. The van der Waals surface area contributed by atoms with Crippen LogP contribution in [0.4, 0.5) is 5.69 Å². The van der Waals surface area contributed by atoms with Crippen LogP contribution in [0.15, 0.2) is 18.2 Å². The third kappa shape index (κ3) is 2.46. The van der Waals surface area contributed by atoms with E-state index < -0.39 is 5.97 Å². The largest absolute Gasteiger partial charge is 0.478 e. The van der Waals surface area contributed by atoms with Gasteiger partial charge in [-0.15, -0.1) is 0 Å². The van der Waals surface area contributed by atoms with Crippen molar-refractivity contribution in [2.45, 2.75) is 20.3 Å². The van der Waals surface area contributed by atoms with Crippen LogP contribution >= 0.6 is 11.6 Å².